The molecule has 6 heteroatoms. The fourth-order valence-electron chi connectivity index (χ4n) is 5.42. The van der Waals surface area contributed by atoms with Crippen molar-refractivity contribution < 1.29 is 14.3 Å². The normalized spacial score (nSPS) is 18.5. The number of carbonyl (C=O) groups excluding carboxylic acids is 1. The minimum absolute atomic E-state index is 0.0556. The Labute approximate surface area is 197 Å². The molecule has 0 bridgehead atoms. The number of hydrogen-bond acceptors (Lipinski definition) is 5. The van der Waals surface area contributed by atoms with Crippen molar-refractivity contribution >= 4 is 17.3 Å². The first kappa shape index (κ1) is 23.3. The molecular formula is C27H37N3O3. The molecule has 6 nitrogen and oxygen atoms in total. The average Bonchev–Trinajstić information content (AvgIpc) is 3.18. The summed E-state index contributed by atoms with van der Waals surface area (Å²) in [4.78, 5) is 14.0. The lowest BCUT2D eigenvalue weighted by molar-refractivity contribution is -0.130. The third-order valence-corrected chi connectivity index (χ3v) is 6.79. The van der Waals surface area contributed by atoms with Crippen LogP contribution < -0.4 is 25.4 Å². The zero-order valence-corrected chi connectivity index (χ0v) is 20.5. The van der Waals surface area contributed by atoms with Crippen molar-refractivity contribution in [2.24, 2.45) is 11.8 Å². The highest BCUT2D eigenvalue weighted by Gasteiger charge is 2.53. The van der Waals surface area contributed by atoms with Gasteiger partial charge in [-0.25, -0.2) is 0 Å². The van der Waals surface area contributed by atoms with Gasteiger partial charge in [0.2, 0.25) is 5.91 Å². The van der Waals surface area contributed by atoms with Crippen LogP contribution in [0.4, 0.5) is 11.4 Å². The quantitative estimate of drug-likeness (QED) is 0.541. The third kappa shape index (κ3) is 4.61. The van der Waals surface area contributed by atoms with Crippen LogP contribution in [0.2, 0.25) is 0 Å². The van der Waals surface area contributed by atoms with Gasteiger partial charge in [-0.15, -0.1) is 0 Å². The van der Waals surface area contributed by atoms with Gasteiger partial charge < -0.3 is 25.4 Å². The number of anilines is 2. The molecule has 1 saturated carbocycles. The lowest BCUT2D eigenvalue weighted by Gasteiger charge is -2.44. The summed E-state index contributed by atoms with van der Waals surface area (Å²) in [6, 6.07) is 14.0. The Morgan fingerprint density at radius 2 is 1.64 bits per heavy atom. The zero-order valence-electron chi connectivity index (χ0n) is 20.5. The molecule has 1 amide bonds. The van der Waals surface area contributed by atoms with Crippen molar-refractivity contribution in [2.45, 2.75) is 64.1 Å². The number of carbonyl (C=O) groups is 1. The van der Waals surface area contributed by atoms with Gasteiger partial charge in [0.05, 0.1) is 31.5 Å². The molecule has 178 valence electrons. The van der Waals surface area contributed by atoms with Crippen molar-refractivity contribution in [3.8, 4) is 11.5 Å². The molecule has 4 rings (SSSR count). The lowest BCUT2D eigenvalue weighted by Crippen LogP contribution is -2.58. The molecule has 1 atom stereocenters. The van der Waals surface area contributed by atoms with Crippen molar-refractivity contribution in [2.75, 3.05) is 24.9 Å². The van der Waals surface area contributed by atoms with Gasteiger partial charge in [-0.3, -0.25) is 4.79 Å². The van der Waals surface area contributed by atoms with Gasteiger partial charge in [0, 0.05) is 17.2 Å². The second-order valence-corrected chi connectivity index (χ2v) is 10.3. The standard InChI is InChI=1S/C27H37N3O3/c1-26(2,3)30-25(31)24(18-11-7-6-8-12-18)27(28-21-13-9-10-14-22(21)29-27)20-16-15-19(32-4)17-23(20)33-5/h9-10,13-18,24,28-29H,6-8,11-12H2,1-5H3,(H,30,31). The van der Waals surface area contributed by atoms with Gasteiger partial charge >= 0.3 is 0 Å². The van der Waals surface area contributed by atoms with E-state index in [4.69, 9.17) is 9.47 Å². The Bertz CT molecular complexity index is 967. The molecule has 0 aromatic heterocycles. The largest absolute Gasteiger partial charge is 0.497 e. The highest BCUT2D eigenvalue weighted by Crippen LogP contribution is 2.51. The molecule has 2 aromatic rings. The van der Waals surface area contributed by atoms with Crippen LogP contribution in [0, 0.1) is 11.8 Å². The summed E-state index contributed by atoms with van der Waals surface area (Å²) in [6.45, 7) is 6.11. The van der Waals surface area contributed by atoms with E-state index in [0.717, 1.165) is 48.4 Å². The Balaban J connectivity index is 1.89. The summed E-state index contributed by atoms with van der Waals surface area (Å²) in [5, 5.41) is 10.8. The van der Waals surface area contributed by atoms with Crippen LogP contribution in [0.3, 0.4) is 0 Å². The summed E-state index contributed by atoms with van der Waals surface area (Å²) >= 11 is 0. The number of ether oxygens (including phenoxy) is 2. The summed E-state index contributed by atoms with van der Waals surface area (Å²) in [5.41, 5.74) is 1.69. The van der Waals surface area contributed by atoms with E-state index in [-0.39, 0.29) is 23.3 Å². The number of amides is 1. The Morgan fingerprint density at radius 1 is 1.00 bits per heavy atom. The SMILES string of the molecule is COc1ccc(C2(C(C(=O)NC(C)(C)C)C3CCCCC3)Nc3ccccc3N2)c(OC)c1. The number of rotatable bonds is 6. The van der Waals surface area contributed by atoms with Gasteiger partial charge in [0.25, 0.3) is 0 Å². The van der Waals surface area contributed by atoms with Crippen molar-refractivity contribution in [1.29, 1.82) is 0 Å². The molecule has 1 heterocycles. The van der Waals surface area contributed by atoms with Gasteiger partial charge in [-0.1, -0.05) is 31.4 Å². The second-order valence-electron chi connectivity index (χ2n) is 10.3. The maximum atomic E-state index is 14.0. The molecular weight excluding hydrogens is 414 g/mol. The molecule has 0 radical (unpaired) electrons. The van der Waals surface area contributed by atoms with E-state index in [9.17, 15) is 4.79 Å². The Morgan fingerprint density at radius 3 is 2.18 bits per heavy atom. The van der Waals surface area contributed by atoms with Gasteiger partial charge in [0.1, 0.15) is 11.5 Å². The van der Waals surface area contributed by atoms with E-state index in [1.54, 1.807) is 14.2 Å². The average molecular weight is 452 g/mol. The van der Waals surface area contributed by atoms with Crippen LogP contribution >= 0.6 is 0 Å². The third-order valence-electron chi connectivity index (χ3n) is 6.79. The molecule has 0 spiro atoms. The zero-order chi connectivity index (χ0) is 23.6. The van der Waals surface area contributed by atoms with E-state index in [2.05, 4.69) is 28.1 Å². The molecule has 2 aromatic carbocycles. The topological polar surface area (TPSA) is 71.6 Å². The molecule has 1 unspecified atom stereocenters. The van der Waals surface area contributed by atoms with Gasteiger partial charge in [-0.05, 0) is 63.8 Å². The first-order chi connectivity index (χ1) is 15.8. The highest BCUT2D eigenvalue weighted by atomic mass is 16.5. The number of methoxy groups -OCH3 is 2. The minimum Gasteiger partial charge on any atom is -0.497 e. The first-order valence-corrected chi connectivity index (χ1v) is 12.0. The van der Waals surface area contributed by atoms with Crippen molar-refractivity contribution in [3.05, 3.63) is 48.0 Å². The van der Waals surface area contributed by atoms with Crippen LogP contribution in [0.15, 0.2) is 42.5 Å². The predicted molar refractivity (Wildman–Crippen MR) is 133 cm³/mol. The monoisotopic (exact) mass is 451 g/mol. The number of para-hydroxylation sites is 2. The number of fused-ring (bicyclic) bond motifs is 1. The van der Waals surface area contributed by atoms with Crippen LogP contribution in [-0.4, -0.2) is 25.7 Å². The molecule has 33 heavy (non-hydrogen) atoms. The lowest BCUT2D eigenvalue weighted by atomic mass is 9.70. The van der Waals surface area contributed by atoms with Gasteiger partial charge in [-0.2, -0.15) is 0 Å². The summed E-state index contributed by atoms with van der Waals surface area (Å²) < 4.78 is 11.3. The van der Waals surface area contributed by atoms with Crippen LogP contribution in [-0.2, 0) is 10.5 Å². The number of nitrogens with one attached hydrogen (secondary N) is 3. The van der Waals surface area contributed by atoms with Crippen molar-refractivity contribution in [1.82, 2.24) is 5.32 Å². The Kier molecular flexibility index (Phi) is 6.46. The predicted octanol–water partition coefficient (Wildman–Crippen LogP) is 5.51. The van der Waals surface area contributed by atoms with Crippen molar-refractivity contribution in [3.63, 3.8) is 0 Å². The maximum Gasteiger partial charge on any atom is 0.228 e. The van der Waals surface area contributed by atoms with E-state index >= 15 is 0 Å². The van der Waals surface area contributed by atoms with E-state index < -0.39 is 5.66 Å². The molecule has 2 aliphatic rings. The summed E-state index contributed by atoms with van der Waals surface area (Å²) in [7, 11) is 3.31. The maximum absolute atomic E-state index is 14.0. The minimum atomic E-state index is -0.849. The molecule has 1 aliphatic carbocycles. The summed E-state index contributed by atoms with van der Waals surface area (Å²) in [5.74, 6) is 1.36. The highest BCUT2D eigenvalue weighted by molar-refractivity contribution is 5.87. The second kappa shape index (κ2) is 9.16. The molecule has 3 N–H and O–H groups in total. The fourth-order valence-corrected chi connectivity index (χ4v) is 5.42. The molecule has 1 fully saturated rings. The van der Waals surface area contributed by atoms with Crippen LogP contribution in [0.1, 0.15) is 58.4 Å². The number of hydrogen-bond donors (Lipinski definition) is 3. The summed E-state index contributed by atoms with van der Waals surface area (Å²) in [6.07, 6.45) is 5.58. The van der Waals surface area contributed by atoms with Crippen LogP contribution in [0.5, 0.6) is 11.5 Å². The first-order valence-electron chi connectivity index (χ1n) is 12.0. The number of benzene rings is 2. The Hall–Kier alpha value is -2.89. The fraction of sp³-hybridized carbons (Fsp3) is 0.519. The van der Waals surface area contributed by atoms with Gasteiger partial charge in [0.15, 0.2) is 5.66 Å². The smallest absolute Gasteiger partial charge is 0.228 e. The van der Waals surface area contributed by atoms with E-state index in [0.29, 0.717) is 5.75 Å². The van der Waals surface area contributed by atoms with E-state index in [1.807, 2.05) is 51.1 Å². The molecule has 0 saturated heterocycles. The van der Waals surface area contributed by atoms with E-state index in [1.165, 1.54) is 6.42 Å². The molecule has 1 aliphatic heterocycles. The van der Waals surface area contributed by atoms with Crippen LogP contribution in [0.25, 0.3) is 0 Å².